The zero-order chi connectivity index (χ0) is 41.2. The number of hydrogen-bond acceptors (Lipinski definition) is 8. The van der Waals surface area contributed by atoms with Crippen LogP contribution < -0.4 is 10.1 Å². The van der Waals surface area contributed by atoms with Gasteiger partial charge in [0, 0.05) is 36.6 Å². The summed E-state index contributed by atoms with van der Waals surface area (Å²) in [6.45, 7) is 5.49. The lowest BCUT2D eigenvalue weighted by Crippen LogP contribution is -2.52. The molecule has 1 aliphatic carbocycles. The van der Waals surface area contributed by atoms with Crippen LogP contribution >= 0.6 is 0 Å². The van der Waals surface area contributed by atoms with E-state index < -0.39 is 12.1 Å². The topological polar surface area (TPSA) is 155 Å². The van der Waals surface area contributed by atoms with E-state index in [4.69, 9.17) is 24.2 Å². The van der Waals surface area contributed by atoms with Gasteiger partial charge in [-0.15, -0.1) is 0 Å². The first-order valence-corrected chi connectivity index (χ1v) is 20.9. The number of likely N-dealkylation sites (tertiary alicyclic amines) is 2. The second-order valence-corrected chi connectivity index (χ2v) is 17.2. The molecule has 0 radical (unpaired) electrons. The van der Waals surface area contributed by atoms with E-state index in [1.807, 2.05) is 60.2 Å². The monoisotopic (exact) mass is 807 g/mol. The van der Waals surface area contributed by atoms with Crippen molar-refractivity contribution in [1.82, 2.24) is 35.1 Å². The van der Waals surface area contributed by atoms with Crippen LogP contribution in [0, 0.1) is 17.8 Å². The summed E-state index contributed by atoms with van der Waals surface area (Å²) in [4.78, 5) is 60.8. The highest BCUT2D eigenvalue weighted by Gasteiger charge is 2.56. The summed E-state index contributed by atoms with van der Waals surface area (Å²) in [7, 11) is 3.02. The van der Waals surface area contributed by atoms with E-state index in [0.717, 1.165) is 92.0 Å². The molecule has 3 N–H and O–H groups in total. The molecular formula is C47H49N7O6. The van der Waals surface area contributed by atoms with Gasteiger partial charge in [0.1, 0.15) is 30.0 Å². The van der Waals surface area contributed by atoms with Gasteiger partial charge in [-0.1, -0.05) is 62.4 Å². The second kappa shape index (κ2) is 15.1. The number of hydrogen-bond donors (Lipinski definition) is 3. The number of amides is 3. The van der Waals surface area contributed by atoms with Gasteiger partial charge in [-0.25, -0.2) is 14.8 Å². The Hall–Kier alpha value is -6.21. The SMILES string of the molecule is COC[C@H]1C[C@@H](c2ncc(-c3ccc4c(c3)COc3cc5c(ccc6[nH]c([C@@H]7C[C@H]8C[C@H]8N7C(=O)[C@@H](NC(=O)OC)C(C)C)nc65)cc3-4)[nH]2)N(C(=O)Cc2ccccc2)C1. The average Bonchev–Trinajstić information content (AvgIpc) is 3.72. The van der Waals surface area contributed by atoms with Crippen LogP contribution in [0.4, 0.5) is 4.79 Å². The molecule has 10 rings (SSSR count). The van der Waals surface area contributed by atoms with Crippen molar-refractivity contribution in [3.8, 4) is 28.1 Å². The Kier molecular flexibility index (Phi) is 9.58. The number of alkyl carbamates (subject to hydrolysis) is 1. The van der Waals surface area contributed by atoms with Crippen LogP contribution in [0.5, 0.6) is 5.75 Å². The van der Waals surface area contributed by atoms with Crippen molar-refractivity contribution in [1.29, 1.82) is 0 Å². The van der Waals surface area contributed by atoms with Gasteiger partial charge in [0.2, 0.25) is 11.8 Å². The third-order valence-corrected chi connectivity index (χ3v) is 13.0. The summed E-state index contributed by atoms with van der Waals surface area (Å²) < 4.78 is 16.8. The highest BCUT2D eigenvalue weighted by molar-refractivity contribution is 6.07. The van der Waals surface area contributed by atoms with Crippen LogP contribution in [-0.2, 0) is 32.1 Å². The number of imidazole rings is 2. The van der Waals surface area contributed by atoms with Gasteiger partial charge < -0.3 is 39.3 Å². The fourth-order valence-electron chi connectivity index (χ4n) is 9.85. The molecule has 4 aliphatic rings. The zero-order valence-electron chi connectivity index (χ0n) is 34.2. The lowest BCUT2D eigenvalue weighted by molar-refractivity contribution is -0.136. The minimum atomic E-state index is -0.691. The standard InChI is InChI=1S/C47H49N7O6/c1-25(2)42(52-47(57)59-4)46(56)54-37-18-30(37)19-39(54)45-49-35-13-11-28-17-34-32-12-10-29(16-31(32)24-60-40(34)20-33(28)43(35)51-45)36-21-48-44(50-36)38-14-27(23-58-3)22-53(38)41(55)15-26-8-6-5-7-9-26/h5-13,16-17,20-21,25,27,30,37-39,42H,14-15,18-19,22-24H2,1-4H3,(H,48,50)(H,49,51)(H,52,57)/t27-,30+,37+,38-,39-,42-/m0/s1. The molecule has 13 heteroatoms. The number of carbonyl (C=O) groups is 3. The van der Waals surface area contributed by atoms with Gasteiger partial charge in [-0.2, -0.15) is 0 Å². The van der Waals surface area contributed by atoms with Crippen LogP contribution in [0.1, 0.15) is 68.0 Å². The van der Waals surface area contributed by atoms with Crippen molar-refractivity contribution < 1.29 is 28.6 Å². The van der Waals surface area contributed by atoms with E-state index in [9.17, 15) is 14.4 Å². The van der Waals surface area contributed by atoms with E-state index in [1.54, 1.807) is 7.11 Å². The molecule has 3 fully saturated rings. The third kappa shape index (κ3) is 6.74. The number of nitrogens with one attached hydrogen (secondary N) is 3. The lowest BCUT2D eigenvalue weighted by atomic mass is 9.92. The van der Waals surface area contributed by atoms with Crippen LogP contribution in [0.3, 0.4) is 0 Å². The smallest absolute Gasteiger partial charge is 0.407 e. The average molecular weight is 808 g/mol. The number of ether oxygens (including phenoxy) is 3. The van der Waals surface area contributed by atoms with Gasteiger partial charge in [0.05, 0.1) is 55.1 Å². The summed E-state index contributed by atoms with van der Waals surface area (Å²) in [5, 5.41) is 4.78. The van der Waals surface area contributed by atoms with Crippen molar-refractivity contribution in [2.75, 3.05) is 27.4 Å². The first kappa shape index (κ1) is 38.0. The Balaban J connectivity index is 0.905. The van der Waals surface area contributed by atoms with Gasteiger partial charge in [-0.05, 0) is 83.0 Å². The Labute approximate surface area is 347 Å². The van der Waals surface area contributed by atoms with Gasteiger partial charge in [0.15, 0.2) is 0 Å². The number of methoxy groups -OCH3 is 2. The van der Waals surface area contributed by atoms with Gasteiger partial charge >= 0.3 is 6.09 Å². The fraction of sp³-hybridized carbons (Fsp3) is 0.383. The van der Waals surface area contributed by atoms with Crippen LogP contribution in [0.2, 0.25) is 0 Å². The van der Waals surface area contributed by atoms with Crippen molar-refractivity contribution in [2.24, 2.45) is 17.8 Å². The quantitative estimate of drug-likeness (QED) is 0.129. The molecule has 2 saturated heterocycles. The summed E-state index contributed by atoms with van der Waals surface area (Å²) >= 11 is 0. The van der Waals surface area contributed by atoms with Crippen molar-refractivity contribution in [3.63, 3.8) is 0 Å². The molecule has 6 atom stereocenters. The normalized spacial score (nSPS) is 22.1. The summed E-state index contributed by atoms with van der Waals surface area (Å²) in [6.07, 6.45) is 4.18. The molecule has 6 aromatic rings. The van der Waals surface area contributed by atoms with Crippen LogP contribution in [0.15, 0.2) is 79.0 Å². The number of aromatic amines is 2. The van der Waals surface area contributed by atoms with E-state index in [0.29, 0.717) is 32.1 Å². The third-order valence-electron chi connectivity index (χ3n) is 13.0. The van der Waals surface area contributed by atoms with Gasteiger partial charge in [0.25, 0.3) is 0 Å². The predicted octanol–water partition coefficient (Wildman–Crippen LogP) is 7.49. The maximum Gasteiger partial charge on any atom is 0.407 e. The summed E-state index contributed by atoms with van der Waals surface area (Å²) in [5.41, 5.74) is 7.82. The van der Waals surface area contributed by atoms with E-state index in [2.05, 4.69) is 57.7 Å². The van der Waals surface area contributed by atoms with E-state index in [1.165, 1.54) is 7.11 Å². The second-order valence-electron chi connectivity index (χ2n) is 17.2. The first-order valence-electron chi connectivity index (χ1n) is 20.9. The molecule has 4 aromatic carbocycles. The number of benzene rings is 4. The minimum absolute atomic E-state index is 0.0863. The molecule has 308 valence electrons. The maximum absolute atomic E-state index is 14.0. The molecule has 3 aliphatic heterocycles. The molecule has 5 heterocycles. The first-order chi connectivity index (χ1) is 29.2. The number of fused-ring (bicyclic) bond motifs is 7. The number of carbonyl (C=O) groups excluding carboxylic acids is 3. The lowest BCUT2D eigenvalue weighted by Gasteiger charge is -2.31. The highest BCUT2D eigenvalue weighted by Crippen LogP contribution is 2.54. The number of rotatable bonds is 10. The molecule has 1 saturated carbocycles. The molecule has 0 bridgehead atoms. The van der Waals surface area contributed by atoms with Gasteiger partial charge in [-0.3, -0.25) is 9.59 Å². The number of aromatic nitrogens is 4. The Morgan fingerprint density at radius 2 is 1.78 bits per heavy atom. The minimum Gasteiger partial charge on any atom is -0.488 e. The zero-order valence-corrected chi connectivity index (χ0v) is 34.2. The number of nitrogens with zero attached hydrogens (tertiary/aromatic N) is 4. The summed E-state index contributed by atoms with van der Waals surface area (Å²) in [5.74, 6) is 2.87. The Morgan fingerprint density at radius 1 is 0.933 bits per heavy atom. The van der Waals surface area contributed by atoms with Crippen molar-refractivity contribution >= 4 is 39.7 Å². The Bertz CT molecular complexity index is 2640. The van der Waals surface area contributed by atoms with Crippen molar-refractivity contribution in [3.05, 3.63) is 102 Å². The largest absolute Gasteiger partial charge is 0.488 e. The highest BCUT2D eigenvalue weighted by atomic mass is 16.5. The molecule has 13 nitrogen and oxygen atoms in total. The van der Waals surface area contributed by atoms with E-state index in [-0.39, 0.29) is 41.8 Å². The van der Waals surface area contributed by atoms with Crippen LogP contribution in [-0.4, -0.2) is 87.1 Å². The van der Waals surface area contributed by atoms with Crippen molar-refractivity contribution in [2.45, 2.75) is 70.3 Å². The predicted molar refractivity (Wildman–Crippen MR) is 226 cm³/mol. The maximum atomic E-state index is 14.0. The molecule has 2 aromatic heterocycles. The fourth-order valence-corrected chi connectivity index (χ4v) is 9.85. The number of H-pyrrole nitrogens is 2. The molecule has 60 heavy (non-hydrogen) atoms. The number of piperidine rings is 1. The summed E-state index contributed by atoms with van der Waals surface area (Å²) in [6, 6.07) is 23.8. The van der Waals surface area contributed by atoms with Crippen LogP contribution in [0.25, 0.3) is 44.2 Å². The molecule has 3 amide bonds. The molecule has 0 unspecified atom stereocenters. The molecular weight excluding hydrogens is 759 g/mol. The Morgan fingerprint density at radius 3 is 2.58 bits per heavy atom. The molecule has 0 spiro atoms. The van der Waals surface area contributed by atoms with E-state index >= 15 is 0 Å².